The summed E-state index contributed by atoms with van der Waals surface area (Å²) in [5, 5.41) is 12.7. The number of para-hydroxylation sites is 1. The number of halogens is 1. The topological polar surface area (TPSA) is 60.5 Å². The zero-order valence-corrected chi connectivity index (χ0v) is 17.5. The van der Waals surface area contributed by atoms with E-state index in [9.17, 15) is 4.39 Å². The van der Waals surface area contributed by atoms with Crippen LogP contribution in [-0.4, -0.2) is 59.1 Å². The Morgan fingerprint density at radius 3 is 2.55 bits per heavy atom. The zero-order chi connectivity index (χ0) is 21.0. The molecular weight excluding hydrogens is 395 g/mol. The molecule has 162 valence electrons. The quantitative estimate of drug-likeness (QED) is 0.651. The first-order valence-electron chi connectivity index (χ1n) is 11.1. The summed E-state index contributed by atoms with van der Waals surface area (Å²) in [5.74, 6) is 0.593. The summed E-state index contributed by atoms with van der Waals surface area (Å²) in [7, 11) is 0. The highest BCUT2D eigenvalue weighted by molar-refractivity contribution is 5.46. The normalized spacial score (nSPS) is 20.8. The van der Waals surface area contributed by atoms with Crippen LogP contribution in [0.15, 0.2) is 54.6 Å². The Hall–Kier alpha value is -2.84. The molecule has 0 bridgehead atoms. The molecule has 1 N–H and O–H groups in total. The summed E-state index contributed by atoms with van der Waals surface area (Å²) in [6.07, 6.45) is 2.26. The van der Waals surface area contributed by atoms with Crippen molar-refractivity contribution < 1.29 is 14.0 Å². The van der Waals surface area contributed by atoms with Gasteiger partial charge in [-0.15, -0.1) is 5.10 Å². The fourth-order valence-electron chi connectivity index (χ4n) is 4.73. The standard InChI is InChI=1S/C23H27FN6O/c24-19-10-8-18(9-11-19)22(23-25-26-27-30(23)17-21-7-4-16-31-21)29-14-12-28(13-15-29)20-5-2-1-3-6-20/h1-3,5-6,8-11,21-22H,4,7,12-17H2/p+1/t21-,22-/m1/s1. The molecule has 0 unspecified atom stereocenters. The lowest BCUT2D eigenvalue weighted by Gasteiger charge is -2.37. The van der Waals surface area contributed by atoms with Crippen molar-refractivity contribution in [2.45, 2.75) is 31.5 Å². The molecule has 2 aromatic carbocycles. The number of piperazine rings is 1. The van der Waals surface area contributed by atoms with E-state index in [1.54, 1.807) is 0 Å². The van der Waals surface area contributed by atoms with Gasteiger partial charge in [0.1, 0.15) is 5.82 Å². The summed E-state index contributed by atoms with van der Waals surface area (Å²) in [5.41, 5.74) is 2.29. The Morgan fingerprint density at radius 2 is 1.84 bits per heavy atom. The molecule has 3 aromatic rings. The van der Waals surface area contributed by atoms with Crippen LogP contribution in [0, 0.1) is 5.82 Å². The van der Waals surface area contributed by atoms with Gasteiger partial charge in [0.15, 0.2) is 6.04 Å². The van der Waals surface area contributed by atoms with Gasteiger partial charge in [-0.05, 0) is 59.7 Å². The van der Waals surface area contributed by atoms with Crippen LogP contribution in [0.4, 0.5) is 10.1 Å². The van der Waals surface area contributed by atoms with Crippen molar-refractivity contribution in [3.05, 3.63) is 71.8 Å². The number of aromatic nitrogens is 4. The predicted octanol–water partition coefficient (Wildman–Crippen LogP) is 1.49. The maximum absolute atomic E-state index is 13.6. The number of tetrazole rings is 1. The number of ether oxygens (including phenoxy) is 1. The molecule has 2 saturated heterocycles. The largest absolute Gasteiger partial charge is 0.376 e. The zero-order valence-electron chi connectivity index (χ0n) is 17.5. The van der Waals surface area contributed by atoms with E-state index in [1.165, 1.54) is 22.7 Å². The van der Waals surface area contributed by atoms with Gasteiger partial charge in [0, 0.05) is 17.9 Å². The average molecular weight is 424 g/mol. The van der Waals surface area contributed by atoms with E-state index in [0.29, 0.717) is 6.54 Å². The molecule has 1 aromatic heterocycles. The number of benzene rings is 2. The van der Waals surface area contributed by atoms with Crippen molar-refractivity contribution in [3.8, 4) is 0 Å². The van der Waals surface area contributed by atoms with Gasteiger partial charge in [-0.3, -0.25) is 0 Å². The highest BCUT2D eigenvalue weighted by atomic mass is 19.1. The lowest BCUT2D eigenvalue weighted by molar-refractivity contribution is -0.927. The molecule has 7 nitrogen and oxygen atoms in total. The van der Waals surface area contributed by atoms with Crippen LogP contribution < -0.4 is 9.80 Å². The Bertz CT molecular complexity index is 965. The molecule has 0 aliphatic carbocycles. The minimum Gasteiger partial charge on any atom is -0.376 e. The van der Waals surface area contributed by atoms with Crippen LogP contribution in [0.5, 0.6) is 0 Å². The predicted molar refractivity (Wildman–Crippen MR) is 114 cm³/mol. The van der Waals surface area contributed by atoms with E-state index in [2.05, 4.69) is 44.7 Å². The summed E-state index contributed by atoms with van der Waals surface area (Å²) in [6.45, 7) is 5.25. The van der Waals surface area contributed by atoms with Gasteiger partial charge in [0.2, 0.25) is 5.82 Å². The van der Waals surface area contributed by atoms with E-state index >= 15 is 0 Å². The minimum atomic E-state index is -0.231. The van der Waals surface area contributed by atoms with Gasteiger partial charge in [-0.25, -0.2) is 9.07 Å². The molecule has 2 aliphatic heterocycles. The molecule has 0 saturated carbocycles. The number of rotatable bonds is 6. The van der Waals surface area contributed by atoms with Gasteiger partial charge in [0.25, 0.3) is 0 Å². The molecule has 5 rings (SSSR count). The molecule has 8 heteroatoms. The first-order valence-corrected chi connectivity index (χ1v) is 11.1. The summed E-state index contributed by atoms with van der Waals surface area (Å²) >= 11 is 0. The fraction of sp³-hybridized carbons (Fsp3) is 0.435. The Balaban J connectivity index is 1.40. The number of hydrogen-bond donors (Lipinski definition) is 1. The van der Waals surface area contributed by atoms with Gasteiger partial charge >= 0.3 is 0 Å². The first-order chi connectivity index (χ1) is 15.3. The average Bonchev–Trinajstić information content (AvgIpc) is 3.49. The van der Waals surface area contributed by atoms with Crippen molar-refractivity contribution in [2.24, 2.45) is 0 Å². The molecule has 0 spiro atoms. The van der Waals surface area contributed by atoms with Crippen molar-refractivity contribution in [1.82, 2.24) is 20.2 Å². The van der Waals surface area contributed by atoms with Crippen LogP contribution in [0.1, 0.15) is 30.3 Å². The lowest BCUT2D eigenvalue weighted by atomic mass is 10.0. The second kappa shape index (κ2) is 9.11. The SMILES string of the molecule is Fc1ccc([C@H](c2nnnn2C[C@H]2CCCO2)[NH+]2CCN(c3ccccc3)CC2)cc1. The van der Waals surface area contributed by atoms with Crippen LogP contribution in [0.25, 0.3) is 0 Å². The molecule has 0 radical (unpaired) electrons. The van der Waals surface area contributed by atoms with Crippen molar-refractivity contribution >= 4 is 5.69 Å². The maximum atomic E-state index is 13.6. The van der Waals surface area contributed by atoms with Crippen molar-refractivity contribution in [1.29, 1.82) is 0 Å². The van der Waals surface area contributed by atoms with Crippen LogP contribution in [0.3, 0.4) is 0 Å². The smallest absolute Gasteiger partial charge is 0.214 e. The van der Waals surface area contributed by atoms with Gasteiger partial charge in [-0.2, -0.15) is 0 Å². The maximum Gasteiger partial charge on any atom is 0.214 e. The molecule has 3 heterocycles. The molecule has 2 atom stereocenters. The number of anilines is 1. The number of quaternary nitrogens is 1. The highest BCUT2D eigenvalue weighted by Crippen LogP contribution is 2.21. The van der Waals surface area contributed by atoms with Gasteiger partial charge < -0.3 is 14.5 Å². The molecule has 2 aliphatic rings. The Kier molecular flexibility index (Phi) is 5.90. The van der Waals surface area contributed by atoms with Gasteiger partial charge in [0.05, 0.1) is 38.8 Å². The fourth-order valence-corrected chi connectivity index (χ4v) is 4.73. The van der Waals surface area contributed by atoms with Crippen molar-refractivity contribution in [2.75, 3.05) is 37.7 Å². The first kappa shape index (κ1) is 20.1. The van der Waals surface area contributed by atoms with Crippen LogP contribution >= 0.6 is 0 Å². The summed E-state index contributed by atoms with van der Waals surface area (Å²) in [6, 6.07) is 17.2. The van der Waals surface area contributed by atoms with E-state index in [4.69, 9.17) is 4.74 Å². The highest BCUT2D eigenvalue weighted by Gasteiger charge is 2.35. The third kappa shape index (κ3) is 4.45. The van der Waals surface area contributed by atoms with E-state index < -0.39 is 0 Å². The third-order valence-corrected chi connectivity index (χ3v) is 6.36. The Labute approximate surface area is 181 Å². The molecule has 0 amide bonds. The summed E-state index contributed by atoms with van der Waals surface area (Å²) < 4.78 is 21.3. The van der Waals surface area contributed by atoms with Crippen molar-refractivity contribution in [3.63, 3.8) is 0 Å². The van der Waals surface area contributed by atoms with Gasteiger partial charge in [-0.1, -0.05) is 18.2 Å². The summed E-state index contributed by atoms with van der Waals surface area (Å²) in [4.78, 5) is 3.81. The van der Waals surface area contributed by atoms with Crippen LogP contribution in [0.2, 0.25) is 0 Å². The van der Waals surface area contributed by atoms with Crippen LogP contribution in [-0.2, 0) is 11.3 Å². The second-order valence-corrected chi connectivity index (χ2v) is 8.32. The lowest BCUT2D eigenvalue weighted by Crippen LogP contribution is -3.15. The van der Waals surface area contributed by atoms with E-state index in [0.717, 1.165) is 57.0 Å². The second-order valence-electron chi connectivity index (χ2n) is 8.32. The molecule has 2 fully saturated rings. The molecule has 31 heavy (non-hydrogen) atoms. The number of nitrogens with zero attached hydrogens (tertiary/aromatic N) is 5. The number of hydrogen-bond acceptors (Lipinski definition) is 5. The van der Waals surface area contributed by atoms with E-state index in [-0.39, 0.29) is 18.0 Å². The third-order valence-electron chi connectivity index (χ3n) is 6.36. The van der Waals surface area contributed by atoms with E-state index in [1.807, 2.05) is 22.9 Å². The molecular formula is C23H28FN6O+. The number of nitrogens with one attached hydrogen (secondary N) is 1. The monoisotopic (exact) mass is 423 g/mol. The Morgan fingerprint density at radius 1 is 1.06 bits per heavy atom. The minimum absolute atomic E-state index is 0.0464.